The third-order valence-corrected chi connectivity index (χ3v) is 6.78. The highest BCUT2D eigenvalue weighted by Gasteiger charge is 2.71. The summed E-state index contributed by atoms with van der Waals surface area (Å²) >= 11 is 0. The van der Waals surface area contributed by atoms with E-state index in [9.17, 15) is 22.8 Å². The molecule has 0 atom stereocenters. The summed E-state index contributed by atoms with van der Waals surface area (Å²) in [6, 6.07) is 5.22. The van der Waals surface area contributed by atoms with E-state index in [0.29, 0.717) is 24.6 Å². The van der Waals surface area contributed by atoms with E-state index in [1.807, 2.05) is 0 Å². The molecule has 0 bridgehead atoms. The zero-order chi connectivity index (χ0) is 21.1. The second-order valence-electron chi connectivity index (χ2n) is 8.75. The molecule has 160 valence electrons. The molecule has 1 amide bonds. The molecular formula is C21H23F3N4O2. The largest absolute Gasteiger partial charge is 0.401 e. The minimum atomic E-state index is -4.55. The summed E-state index contributed by atoms with van der Waals surface area (Å²) in [5, 5.41) is 6.66. The smallest absolute Gasteiger partial charge is 0.319 e. The van der Waals surface area contributed by atoms with Gasteiger partial charge in [-0.3, -0.25) is 9.59 Å². The van der Waals surface area contributed by atoms with Crippen molar-refractivity contribution in [2.75, 3.05) is 18.4 Å². The Kier molecular flexibility index (Phi) is 4.26. The van der Waals surface area contributed by atoms with Gasteiger partial charge < -0.3 is 15.2 Å². The van der Waals surface area contributed by atoms with Crippen molar-refractivity contribution in [3.05, 3.63) is 24.4 Å². The fraction of sp³-hybridized carbons (Fsp3) is 0.571. The van der Waals surface area contributed by atoms with E-state index in [2.05, 4.69) is 15.6 Å². The number of aromatic nitrogens is 2. The number of Topliss-reactive ketones (excluding diaryl/α,β-unsaturated/α-hetero) is 1. The lowest BCUT2D eigenvalue weighted by Gasteiger charge is -2.40. The fourth-order valence-corrected chi connectivity index (χ4v) is 4.62. The van der Waals surface area contributed by atoms with Crippen molar-refractivity contribution in [2.45, 2.75) is 50.2 Å². The molecule has 6 nitrogen and oxygen atoms in total. The van der Waals surface area contributed by atoms with Gasteiger partial charge in [0, 0.05) is 17.5 Å². The van der Waals surface area contributed by atoms with E-state index >= 15 is 0 Å². The first-order chi connectivity index (χ1) is 14.3. The van der Waals surface area contributed by atoms with Gasteiger partial charge in [-0.05, 0) is 69.8 Å². The summed E-state index contributed by atoms with van der Waals surface area (Å²) < 4.78 is 43.1. The van der Waals surface area contributed by atoms with Crippen LogP contribution in [0.2, 0.25) is 0 Å². The Hall–Kier alpha value is -2.42. The normalized spacial score (nSPS) is 22.6. The number of carbonyl (C=O) groups excluding carboxylic acids is 2. The molecule has 3 aliphatic rings. The number of alkyl halides is 3. The van der Waals surface area contributed by atoms with Gasteiger partial charge >= 0.3 is 6.18 Å². The van der Waals surface area contributed by atoms with Gasteiger partial charge in [-0.1, -0.05) is 0 Å². The number of hydrogen-bond donors (Lipinski definition) is 2. The van der Waals surface area contributed by atoms with Crippen LogP contribution in [-0.4, -0.2) is 40.5 Å². The van der Waals surface area contributed by atoms with Crippen LogP contribution >= 0.6 is 0 Å². The predicted octanol–water partition coefficient (Wildman–Crippen LogP) is 3.38. The Balaban J connectivity index is 1.58. The molecule has 2 aliphatic carbocycles. The predicted molar refractivity (Wildman–Crippen MR) is 104 cm³/mol. The van der Waals surface area contributed by atoms with E-state index in [0.717, 1.165) is 18.2 Å². The molecular weight excluding hydrogens is 397 g/mol. The minimum absolute atomic E-state index is 0.00753. The molecule has 3 fully saturated rings. The maximum Gasteiger partial charge on any atom is 0.401 e. The molecule has 0 aromatic carbocycles. The third kappa shape index (κ3) is 2.93. The molecule has 1 saturated heterocycles. The van der Waals surface area contributed by atoms with E-state index in [4.69, 9.17) is 0 Å². The summed E-state index contributed by atoms with van der Waals surface area (Å²) in [6.07, 6.45) is -0.938. The van der Waals surface area contributed by atoms with E-state index < -0.39 is 22.9 Å². The Bertz CT molecular complexity index is 1010. The average molecular weight is 420 g/mol. The Morgan fingerprint density at radius 2 is 1.80 bits per heavy atom. The number of amides is 1. The van der Waals surface area contributed by atoms with Gasteiger partial charge in [0.2, 0.25) is 5.91 Å². The Labute approximate surface area is 171 Å². The molecule has 3 heterocycles. The molecule has 9 heteroatoms. The van der Waals surface area contributed by atoms with Crippen molar-refractivity contribution in [1.29, 1.82) is 0 Å². The van der Waals surface area contributed by atoms with Crippen LogP contribution in [0.3, 0.4) is 0 Å². The lowest BCUT2D eigenvalue weighted by atomic mass is 9.76. The Morgan fingerprint density at radius 3 is 2.40 bits per heavy atom. The molecule has 0 unspecified atom stereocenters. The number of halogens is 3. The number of anilines is 1. The Morgan fingerprint density at radius 1 is 1.10 bits per heavy atom. The quantitative estimate of drug-likeness (QED) is 0.778. The maximum atomic E-state index is 13.8. The number of nitrogens with zero attached hydrogens (tertiary/aromatic N) is 2. The van der Waals surface area contributed by atoms with E-state index in [1.165, 1.54) is 0 Å². The standard InChI is InChI=1S/C21H23F3N4O2/c22-21(23,24)19(6-7-19)18(30)20(8-10-25-11-9-20)28-12-5-13-3-4-15(26-16(13)28)27-17(29)14-1-2-14/h3-5,12,14,25H,1-2,6-11H2,(H,26,27,29). The van der Waals surface area contributed by atoms with Gasteiger partial charge in [0.15, 0.2) is 5.78 Å². The molecule has 5 rings (SSSR count). The van der Waals surface area contributed by atoms with E-state index in [-0.39, 0.29) is 37.5 Å². The highest BCUT2D eigenvalue weighted by molar-refractivity contribution is 5.97. The molecule has 0 radical (unpaired) electrons. The zero-order valence-corrected chi connectivity index (χ0v) is 16.4. The van der Waals surface area contributed by atoms with Crippen molar-refractivity contribution < 1.29 is 22.8 Å². The van der Waals surface area contributed by atoms with E-state index in [1.54, 1.807) is 29.0 Å². The number of nitrogens with one attached hydrogen (secondary N) is 2. The number of carbonyl (C=O) groups is 2. The van der Waals surface area contributed by atoms with Crippen LogP contribution < -0.4 is 10.6 Å². The first kappa shape index (κ1) is 19.5. The fourth-order valence-electron chi connectivity index (χ4n) is 4.62. The van der Waals surface area contributed by atoms with Crippen LogP contribution in [0.4, 0.5) is 19.0 Å². The lowest BCUT2D eigenvalue weighted by Crippen LogP contribution is -2.54. The highest BCUT2D eigenvalue weighted by Crippen LogP contribution is 2.61. The van der Waals surface area contributed by atoms with Gasteiger partial charge in [0.1, 0.15) is 22.4 Å². The third-order valence-electron chi connectivity index (χ3n) is 6.78. The summed E-state index contributed by atoms with van der Waals surface area (Å²) in [5.41, 5.74) is -3.12. The molecule has 2 aromatic rings. The van der Waals surface area contributed by atoms with Crippen LogP contribution in [0.1, 0.15) is 38.5 Å². The minimum Gasteiger partial charge on any atom is -0.319 e. The second-order valence-corrected chi connectivity index (χ2v) is 8.75. The summed E-state index contributed by atoms with van der Waals surface area (Å²) in [4.78, 5) is 30.1. The monoisotopic (exact) mass is 420 g/mol. The summed E-state index contributed by atoms with van der Waals surface area (Å²) in [7, 11) is 0. The number of ketones is 1. The summed E-state index contributed by atoms with van der Waals surface area (Å²) in [6.45, 7) is 0.912. The molecule has 2 aromatic heterocycles. The topological polar surface area (TPSA) is 76.0 Å². The second kappa shape index (κ2) is 6.54. The molecule has 2 N–H and O–H groups in total. The number of hydrogen-bond acceptors (Lipinski definition) is 4. The zero-order valence-electron chi connectivity index (χ0n) is 16.4. The van der Waals surface area contributed by atoms with Crippen LogP contribution in [0.15, 0.2) is 24.4 Å². The first-order valence-electron chi connectivity index (χ1n) is 10.4. The van der Waals surface area contributed by atoms with Crippen LogP contribution in [0.5, 0.6) is 0 Å². The van der Waals surface area contributed by atoms with Gasteiger partial charge in [-0.15, -0.1) is 0 Å². The lowest BCUT2D eigenvalue weighted by molar-refractivity contribution is -0.196. The number of pyridine rings is 1. The number of rotatable bonds is 5. The number of piperidine rings is 1. The summed E-state index contributed by atoms with van der Waals surface area (Å²) in [5.74, 6) is -0.488. The van der Waals surface area contributed by atoms with Crippen LogP contribution in [-0.2, 0) is 15.1 Å². The maximum absolute atomic E-state index is 13.8. The first-order valence-corrected chi connectivity index (χ1v) is 10.4. The molecule has 30 heavy (non-hydrogen) atoms. The van der Waals surface area contributed by atoms with Crippen molar-refractivity contribution in [2.24, 2.45) is 11.3 Å². The highest BCUT2D eigenvalue weighted by atomic mass is 19.4. The van der Waals surface area contributed by atoms with Gasteiger partial charge in [-0.2, -0.15) is 13.2 Å². The molecule has 0 spiro atoms. The van der Waals surface area contributed by atoms with Crippen molar-refractivity contribution in [3.63, 3.8) is 0 Å². The molecule has 2 saturated carbocycles. The van der Waals surface area contributed by atoms with Gasteiger partial charge in [0.25, 0.3) is 0 Å². The average Bonchev–Trinajstić information content (AvgIpc) is 3.63. The van der Waals surface area contributed by atoms with Crippen molar-refractivity contribution in [3.8, 4) is 0 Å². The van der Waals surface area contributed by atoms with Crippen LogP contribution in [0, 0.1) is 11.3 Å². The number of fused-ring (bicyclic) bond motifs is 1. The van der Waals surface area contributed by atoms with Crippen molar-refractivity contribution >= 4 is 28.5 Å². The van der Waals surface area contributed by atoms with Crippen molar-refractivity contribution in [1.82, 2.24) is 14.9 Å². The van der Waals surface area contributed by atoms with Gasteiger partial charge in [-0.25, -0.2) is 4.98 Å². The van der Waals surface area contributed by atoms with Crippen LogP contribution in [0.25, 0.3) is 11.0 Å². The molecule has 1 aliphatic heterocycles. The van der Waals surface area contributed by atoms with Gasteiger partial charge in [0.05, 0.1) is 0 Å². The SMILES string of the molecule is O=C(Nc1ccc2ccn(C3(C(=O)C4(C(F)(F)F)CC4)CCNCC3)c2n1)C1CC1.